The molecule has 0 unspecified atom stereocenters. The normalized spacial score (nSPS) is 11.4. The summed E-state index contributed by atoms with van der Waals surface area (Å²) in [5.74, 6) is 0.566. The lowest BCUT2D eigenvalue weighted by molar-refractivity contribution is -0.0507. The van der Waals surface area contributed by atoms with Crippen molar-refractivity contribution < 1.29 is 13.5 Å². The molecule has 0 aliphatic rings. The SMILES string of the molecule is Cc1cc(/C=C(/C#N)c2nc(N)nc(N(C)C)n2)cc(C)c1OC(F)F. The van der Waals surface area contributed by atoms with Gasteiger partial charge in [-0.1, -0.05) is 0 Å². The Bertz CT molecular complexity index is 866. The lowest BCUT2D eigenvalue weighted by atomic mass is 10.0. The van der Waals surface area contributed by atoms with Gasteiger partial charge in [0.05, 0.1) is 5.57 Å². The third-order valence-electron chi connectivity index (χ3n) is 3.40. The maximum Gasteiger partial charge on any atom is 0.387 e. The van der Waals surface area contributed by atoms with E-state index in [9.17, 15) is 14.0 Å². The summed E-state index contributed by atoms with van der Waals surface area (Å²) in [4.78, 5) is 13.8. The number of ether oxygens (including phenoxy) is 1. The molecule has 0 aliphatic carbocycles. The molecule has 0 aliphatic heterocycles. The van der Waals surface area contributed by atoms with E-state index in [2.05, 4.69) is 19.7 Å². The van der Waals surface area contributed by atoms with Crippen LogP contribution in [0, 0.1) is 25.2 Å². The Morgan fingerprint density at radius 3 is 2.35 bits per heavy atom. The van der Waals surface area contributed by atoms with Gasteiger partial charge in [0, 0.05) is 14.1 Å². The summed E-state index contributed by atoms with van der Waals surface area (Å²) in [7, 11) is 3.48. The van der Waals surface area contributed by atoms with Crippen LogP contribution in [0.15, 0.2) is 12.1 Å². The molecule has 0 saturated carbocycles. The highest BCUT2D eigenvalue weighted by Gasteiger charge is 2.14. The first-order valence-electron chi connectivity index (χ1n) is 7.58. The number of nitrogens with zero attached hydrogens (tertiary/aromatic N) is 5. The molecule has 0 amide bonds. The van der Waals surface area contributed by atoms with Crippen molar-refractivity contribution >= 4 is 23.5 Å². The lowest BCUT2D eigenvalue weighted by Crippen LogP contribution is -2.15. The van der Waals surface area contributed by atoms with E-state index in [1.165, 1.54) is 0 Å². The van der Waals surface area contributed by atoms with Crippen LogP contribution >= 0.6 is 0 Å². The van der Waals surface area contributed by atoms with E-state index in [-0.39, 0.29) is 23.1 Å². The first-order chi connectivity index (χ1) is 12.2. The van der Waals surface area contributed by atoms with Gasteiger partial charge in [-0.2, -0.15) is 29.0 Å². The fourth-order valence-electron chi connectivity index (χ4n) is 2.36. The zero-order chi connectivity index (χ0) is 19.4. The van der Waals surface area contributed by atoms with Crippen molar-refractivity contribution in [1.82, 2.24) is 15.0 Å². The predicted octanol–water partition coefficient (Wildman–Crippen LogP) is 2.80. The van der Waals surface area contributed by atoms with Crippen LogP contribution in [0.4, 0.5) is 20.7 Å². The number of aryl methyl sites for hydroxylation is 2. The zero-order valence-corrected chi connectivity index (χ0v) is 14.8. The number of halogens is 2. The summed E-state index contributed by atoms with van der Waals surface area (Å²) in [6.45, 7) is 0.402. The molecule has 2 N–H and O–H groups in total. The van der Waals surface area contributed by atoms with Gasteiger partial charge in [-0.3, -0.25) is 0 Å². The smallest absolute Gasteiger partial charge is 0.387 e. The van der Waals surface area contributed by atoms with Gasteiger partial charge in [-0.25, -0.2) is 0 Å². The first kappa shape index (κ1) is 19.1. The molecule has 26 heavy (non-hydrogen) atoms. The van der Waals surface area contributed by atoms with Crippen molar-refractivity contribution in [2.24, 2.45) is 0 Å². The second-order valence-electron chi connectivity index (χ2n) is 5.74. The molecule has 0 saturated heterocycles. The molecule has 0 spiro atoms. The van der Waals surface area contributed by atoms with Crippen LogP contribution in [0.5, 0.6) is 5.75 Å². The van der Waals surface area contributed by atoms with Gasteiger partial charge in [-0.15, -0.1) is 0 Å². The van der Waals surface area contributed by atoms with Gasteiger partial charge in [0.2, 0.25) is 11.9 Å². The van der Waals surface area contributed by atoms with E-state index in [1.54, 1.807) is 51.1 Å². The minimum Gasteiger partial charge on any atom is -0.434 e. The average molecular weight is 360 g/mol. The van der Waals surface area contributed by atoms with Crippen LogP contribution < -0.4 is 15.4 Å². The van der Waals surface area contributed by atoms with Crippen molar-refractivity contribution in [2.75, 3.05) is 24.7 Å². The Labute approximate surface area is 149 Å². The Morgan fingerprint density at radius 1 is 1.23 bits per heavy atom. The summed E-state index contributed by atoms with van der Waals surface area (Å²) in [6.07, 6.45) is 1.56. The van der Waals surface area contributed by atoms with Gasteiger partial charge >= 0.3 is 6.61 Å². The van der Waals surface area contributed by atoms with Gasteiger partial charge < -0.3 is 15.4 Å². The van der Waals surface area contributed by atoms with Crippen LogP contribution in [0.25, 0.3) is 11.6 Å². The number of nitrogen functional groups attached to an aromatic ring is 1. The summed E-state index contributed by atoms with van der Waals surface area (Å²) in [5, 5.41) is 9.48. The number of hydrogen-bond donors (Lipinski definition) is 1. The standard InChI is InChI=1S/C17H18F2N6O/c1-9-5-11(6-10(2)13(9)26-15(18)19)7-12(8-20)14-22-16(21)24-17(23-14)25(3)4/h5-7,15H,1-4H3,(H2,21,22,23,24)/b12-7-. The fraction of sp³-hybridized carbons (Fsp3) is 0.294. The van der Waals surface area contributed by atoms with Crippen LogP contribution in [0.2, 0.25) is 0 Å². The number of aromatic nitrogens is 3. The molecule has 0 fully saturated rings. The first-order valence-corrected chi connectivity index (χ1v) is 7.58. The number of allylic oxidation sites excluding steroid dienone is 1. The third kappa shape index (κ3) is 4.42. The molecule has 9 heteroatoms. The van der Waals surface area contributed by atoms with E-state index in [0.717, 1.165) is 0 Å². The van der Waals surface area contributed by atoms with Crippen molar-refractivity contribution in [2.45, 2.75) is 20.5 Å². The van der Waals surface area contributed by atoms with Crippen molar-refractivity contribution in [3.05, 3.63) is 34.6 Å². The molecule has 1 aromatic heterocycles. The molecule has 2 rings (SSSR count). The van der Waals surface area contributed by atoms with E-state index in [1.807, 2.05) is 6.07 Å². The molecule has 136 valence electrons. The topological polar surface area (TPSA) is 101 Å². The Morgan fingerprint density at radius 2 is 1.85 bits per heavy atom. The number of rotatable bonds is 5. The van der Waals surface area contributed by atoms with Crippen LogP contribution in [-0.2, 0) is 0 Å². The van der Waals surface area contributed by atoms with Gasteiger partial charge in [-0.05, 0) is 48.7 Å². The monoisotopic (exact) mass is 360 g/mol. The molecule has 0 bridgehead atoms. The van der Waals surface area contributed by atoms with E-state index in [4.69, 9.17) is 5.73 Å². The maximum atomic E-state index is 12.5. The largest absolute Gasteiger partial charge is 0.434 e. The average Bonchev–Trinajstić information content (AvgIpc) is 2.55. The Kier molecular flexibility index (Phi) is 5.67. The molecular weight excluding hydrogens is 342 g/mol. The minimum atomic E-state index is -2.90. The molecule has 1 heterocycles. The molecule has 2 aromatic rings. The van der Waals surface area contributed by atoms with E-state index < -0.39 is 6.61 Å². The number of nitrogens with two attached hydrogens (primary N) is 1. The van der Waals surface area contributed by atoms with Gasteiger partial charge in [0.15, 0.2) is 5.82 Å². The lowest BCUT2D eigenvalue weighted by Gasteiger charge is -2.13. The molecule has 0 atom stereocenters. The number of alkyl halides is 2. The number of anilines is 2. The Balaban J connectivity index is 2.49. The highest BCUT2D eigenvalue weighted by Crippen LogP contribution is 2.28. The van der Waals surface area contributed by atoms with E-state index in [0.29, 0.717) is 22.6 Å². The summed E-state index contributed by atoms with van der Waals surface area (Å²) in [5.41, 5.74) is 7.53. The molecular formula is C17H18F2N6O. The molecule has 1 aromatic carbocycles. The quantitative estimate of drug-likeness (QED) is 0.818. The highest BCUT2D eigenvalue weighted by atomic mass is 19.3. The highest BCUT2D eigenvalue weighted by molar-refractivity contribution is 5.87. The zero-order valence-electron chi connectivity index (χ0n) is 14.8. The second-order valence-corrected chi connectivity index (χ2v) is 5.74. The van der Waals surface area contributed by atoms with Crippen molar-refractivity contribution in [3.8, 4) is 11.8 Å². The number of hydrogen-bond acceptors (Lipinski definition) is 7. The van der Waals surface area contributed by atoms with Crippen LogP contribution in [0.3, 0.4) is 0 Å². The molecule has 7 nitrogen and oxygen atoms in total. The third-order valence-corrected chi connectivity index (χ3v) is 3.40. The number of benzene rings is 1. The Hall–Kier alpha value is -3.28. The predicted molar refractivity (Wildman–Crippen MR) is 94.6 cm³/mol. The maximum absolute atomic E-state index is 12.5. The van der Waals surface area contributed by atoms with Crippen molar-refractivity contribution in [1.29, 1.82) is 5.26 Å². The van der Waals surface area contributed by atoms with Crippen LogP contribution in [-0.4, -0.2) is 35.7 Å². The van der Waals surface area contributed by atoms with Gasteiger partial charge in [0.25, 0.3) is 0 Å². The van der Waals surface area contributed by atoms with E-state index >= 15 is 0 Å². The number of nitriles is 1. The minimum absolute atomic E-state index is 0.00658. The van der Waals surface area contributed by atoms with Gasteiger partial charge in [0.1, 0.15) is 11.8 Å². The second kappa shape index (κ2) is 7.74. The summed E-state index contributed by atoms with van der Waals surface area (Å²) >= 11 is 0. The van der Waals surface area contributed by atoms with Crippen LogP contribution in [0.1, 0.15) is 22.5 Å². The molecule has 0 radical (unpaired) electrons. The van der Waals surface area contributed by atoms with Crippen molar-refractivity contribution in [3.63, 3.8) is 0 Å². The summed E-state index contributed by atoms with van der Waals surface area (Å²) in [6, 6.07) is 5.31. The fourth-order valence-corrected chi connectivity index (χ4v) is 2.36. The summed E-state index contributed by atoms with van der Waals surface area (Å²) < 4.78 is 29.5.